The summed E-state index contributed by atoms with van der Waals surface area (Å²) in [6.45, 7) is 0. The fraction of sp³-hybridized carbons (Fsp3) is 0.0714. The Labute approximate surface area is 114 Å². The zero-order chi connectivity index (χ0) is 14.0. The molecule has 2 rings (SSSR count). The normalized spacial score (nSPS) is 10.3. The van der Waals surface area contributed by atoms with Crippen LogP contribution in [-0.4, -0.2) is 12.9 Å². The number of benzene rings is 2. The first-order chi connectivity index (χ1) is 9.04. The summed E-state index contributed by atoms with van der Waals surface area (Å²) in [6, 6.07) is 8.68. The maximum absolute atomic E-state index is 13.8. The van der Waals surface area contributed by atoms with Crippen LogP contribution in [0.2, 0.25) is 5.02 Å². The van der Waals surface area contributed by atoms with Gasteiger partial charge in [-0.3, -0.25) is 4.79 Å². The molecular formula is C14H11ClFNO2. The minimum atomic E-state index is -0.663. The van der Waals surface area contributed by atoms with Gasteiger partial charge in [-0.2, -0.15) is 0 Å². The predicted octanol–water partition coefficient (Wildman–Crippen LogP) is 3.30. The molecule has 2 aromatic rings. The molecule has 0 aromatic heterocycles. The van der Waals surface area contributed by atoms with Crippen LogP contribution in [0.4, 0.5) is 10.1 Å². The maximum atomic E-state index is 13.8. The van der Waals surface area contributed by atoms with Crippen molar-refractivity contribution in [3.05, 3.63) is 58.4 Å². The van der Waals surface area contributed by atoms with Crippen LogP contribution in [0.5, 0.6) is 5.75 Å². The number of anilines is 1. The van der Waals surface area contributed by atoms with Crippen LogP contribution in [0.3, 0.4) is 0 Å². The Bertz CT molecular complexity index is 643. The number of hydrogen-bond donors (Lipinski definition) is 1. The van der Waals surface area contributed by atoms with Crippen LogP contribution in [0.25, 0.3) is 0 Å². The first kappa shape index (κ1) is 13.4. The van der Waals surface area contributed by atoms with Gasteiger partial charge in [0.15, 0.2) is 5.78 Å². The molecule has 0 unspecified atom stereocenters. The van der Waals surface area contributed by atoms with Crippen molar-refractivity contribution in [2.75, 3.05) is 12.8 Å². The molecule has 98 valence electrons. The standard InChI is InChI=1S/C14H11ClFNO2/c1-19-8-5-6-9(12(16)7-8)14(18)10-3-2-4-11(15)13(10)17/h2-7H,17H2,1H3. The number of methoxy groups -OCH3 is 1. The number of ether oxygens (including phenoxy) is 1. The summed E-state index contributed by atoms with van der Waals surface area (Å²) >= 11 is 5.84. The van der Waals surface area contributed by atoms with Crippen molar-refractivity contribution < 1.29 is 13.9 Å². The van der Waals surface area contributed by atoms with Gasteiger partial charge in [0.05, 0.1) is 23.4 Å². The van der Waals surface area contributed by atoms with Gasteiger partial charge in [-0.25, -0.2) is 4.39 Å². The van der Waals surface area contributed by atoms with E-state index in [9.17, 15) is 9.18 Å². The number of nitrogens with two attached hydrogens (primary N) is 1. The molecule has 5 heteroatoms. The summed E-state index contributed by atoms with van der Waals surface area (Å²) in [5.41, 5.74) is 5.97. The van der Waals surface area contributed by atoms with E-state index in [-0.39, 0.29) is 21.8 Å². The summed E-state index contributed by atoms with van der Waals surface area (Å²) in [5, 5.41) is 0.264. The summed E-state index contributed by atoms with van der Waals surface area (Å²) in [5.74, 6) is -0.836. The highest BCUT2D eigenvalue weighted by molar-refractivity contribution is 6.34. The first-order valence-electron chi connectivity index (χ1n) is 5.47. The average molecular weight is 280 g/mol. The highest BCUT2D eigenvalue weighted by Crippen LogP contribution is 2.26. The molecular weight excluding hydrogens is 269 g/mol. The zero-order valence-corrected chi connectivity index (χ0v) is 10.9. The Morgan fingerprint density at radius 2 is 2.00 bits per heavy atom. The summed E-state index contributed by atoms with van der Waals surface area (Å²) in [7, 11) is 1.42. The van der Waals surface area contributed by atoms with Crippen molar-refractivity contribution in [1.82, 2.24) is 0 Å². The van der Waals surface area contributed by atoms with Crippen molar-refractivity contribution in [2.24, 2.45) is 0 Å². The van der Waals surface area contributed by atoms with Gasteiger partial charge in [-0.1, -0.05) is 17.7 Å². The van der Waals surface area contributed by atoms with E-state index in [0.29, 0.717) is 5.75 Å². The molecule has 3 nitrogen and oxygen atoms in total. The largest absolute Gasteiger partial charge is 0.497 e. The third-order valence-electron chi connectivity index (χ3n) is 2.72. The van der Waals surface area contributed by atoms with Gasteiger partial charge < -0.3 is 10.5 Å². The van der Waals surface area contributed by atoms with E-state index in [1.54, 1.807) is 12.1 Å². The van der Waals surface area contributed by atoms with E-state index in [1.165, 1.54) is 25.3 Å². The van der Waals surface area contributed by atoms with Gasteiger partial charge in [0.2, 0.25) is 0 Å². The maximum Gasteiger partial charge on any atom is 0.198 e. The molecule has 0 aliphatic carbocycles. The minimum Gasteiger partial charge on any atom is -0.497 e. The minimum absolute atomic E-state index is 0.0743. The quantitative estimate of drug-likeness (QED) is 0.693. The summed E-state index contributed by atoms with van der Waals surface area (Å²) < 4.78 is 18.7. The number of halogens is 2. The number of nitrogen functional groups attached to an aromatic ring is 1. The highest BCUT2D eigenvalue weighted by Gasteiger charge is 2.18. The van der Waals surface area contributed by atoms with Gasteiger partial charge in [0.1, 0.15) is 11.6 Å². The molecule has 0 saturated carbocycles. The topological polar surface area (TPSA) is 52.3 Å². The molecule has 2 N–H and O–H groups in total. The lowest BCUT2D eigenvalue weighted by Gasteiger charge is -2.08. The molecule has 0 saturated heterocycles. The van der Waals surface area contributed by atoms with E-state index in [2.05, 4.69) is 0 Å². The Morgan fingerprint density at radius 3 is 2.63 bits per heavy atom. The second-order valence-corrected chi connectivity index (χ2v) is 4.28. The fourth-order valence-corrected chi connectivity index (χ4v) is 1.86. The Kier molecular flexibility index (Phi) is 3.71. The highest BCUT2D eigenvalue weighted by atomic mass is 35.5. The molecule has 0 radical (unpaired) electrons. The lowest BCUT2D eigenvalue weighted by molar-refractivity contribution is 0.103. The van der Waals surface area contributed by atoms with Gasteiger partial charge in [-0.05, 0) is 24.3 Å². The Balaban J connectivity index is 2.47. The fourth-order valence-electron chi connectivity index (χ4n) is 1.69. The number of ketones is 1. The van der Waals surface area contributed by atoms with Crippen molar-refractivity contribution in [1.29, 1.82) is 0 Å². The molecule has 0 atom stereocenters. The molecule has 19 heavy (non-hydrogen) atoms. The van der Waals surface area contributed by atoms with E-state index in [1.807, 2.05) is 0 Å². The average Bonchev–Trinajstić information content (AvgIpc) is 2.41. The van der Waals surface area contributed by atoms with Crippen LogP contribution in [0, 0.1) is 5.82 Å². The molecule has 0 aliphatic heterocycles. The van der Waals surface area contributed by atoms with E-state index < -0.39 is 11.6 Å². The Hall–Kier alpha value is -2.07. The lowest BCUT2D eigenvalue weighted by Crippen LogP contribution is -2.08. The van der Waals surface area contributed by atoms with Crippen molar-refractivity contribution >= 4 is 23.1 Å². The summed E-state index contributed by atoms with van der Waals surface area (Å²) in [6.07, 6.45) is 0. The molecule has 0 amide bonds. The lowest BCUT2D eigenvalue weighted by atomic mass is 10.0. The second-order valence-electron chi connectivity index (χ2n) is 3.88. The van der Waals surface area contributed by atoms with Gasteiger partial charge in [0, 0.05) is 11.6 Å². The number of carbonyl (C=O) groups is 1. The molecule has 2 aromatic carbocycles. The molecule has 0 bridgehead atoms. The van der Waals surface area contributed by atoms with Crippen LogP contribution in [0.1, 0.15) is 15.9 Å². The molecule has 0 spiro atoms. The van der Waals surface area contributed by atoms with Gasteiger partial charge in [-0.15, -0.1) is 0 Å². The Morgan fingerprint density at radius 1 is 1.26 bits per heavy atom. The van der Waals surface area contributed by atoms with E-state index in [4.69, 9.17) is 22.1 Å². The number of hydrogen-bond acceptors (Lipinski definition) is 3. The van der Waals surface area contributed by atoms with Crippen LogP contribution < -0.4 is 10.5 Å². The van der Waals surface area contributed by atoms with Crippen molar-refractivity contribution in [2.45, 2.75) is 0 Å². The first-order valence-corrected chi connectivity index (χ1v) is 5.84. The zero-order valence-electron chi connectivity index (χ0n) is 10.1. The molecule has 0 heterocycles. The van der Waals surface area contributed by atoms with Crippen molar-refractivity contribution in [3.8, 4) is 5.75 Å². The van der Waals surface area contributed by atoms with Gasteiger partial charge in [0.25, 0.3) is 0 Å². The van der Waals surface area contributed by atoms with Gasteiger partial charge >= 0.3 is 0 Å². The molecule has 0 fully saturated rings. The smallest absolute Gasteiger partial charge is 0.198 e. The number of para-hydroxylation sites is 1. The third-order valence-corrected chi connectivity index (χ3v) is 3.05. The summed E-state index contributed by atoms with van der Waals surface area (Å²) in [4.78, 5) is 12.2. The van der Waals surface area contributed by atoms with Crippen molar-refractivity contribution in [3.63, 3.8) is 0 Å². The SMILES string of the molecule is COc1ccc(C(=O)c2cccc(Cl)c2N)c(F)c1. The van der Waals surface area contributed by atoms with Crippen LogP contribution in [0.15, 0.2) is 36.4 Å². The monoisotopic (exact) mass is 279 g/mol. The molecule has 0 aliphatic rings. The number of rotatable bonds is 3. The van der Waals surface area contributed by atoms with Crippen LogP contribution in [-0.2, 0) is 0 Å². The predicted molar refractivity (Wildman–Crippen MR) is 72.2 cm³/mol. The van der Waals surface area contributed by atoms with E-state index in [0.717, 1.165) is 6.07 Å². The van der Waals surface area contributed by atoms with Crippen LogP contribution >= 0.6 is 11.6 Å². The second kappa shape index (κ2) is 5.28. The third kappa shape index (κ3) is 2.53. The van der Waals surface area contributed by atoms with E-state index >= 15 is 0 Å². The number of carbonyl (C=O) groups excluding carboxylic acids is 1.